The van der Waals surface area contributed by atoms with E-state index in [0.29, 0.717) is 42.2 Å². The van der Waals surface area contributed by atoms with Gasteiger partial charge in [0.2, 0.25) is 0 Å². The van der Waals surface area contributed by atoms with E-state index in [9.17, 15) is 4.79 Å². The minimum absolute atomic E-state index is 0.311. The molecule has 0 spiro atoms. The molecule has 9 heteroatoms. The van der Waals surface area contributed by atoms with Gasteiger partial charge in [-0.05, 0) is 18.2 Å². The van der Waals surface area contributed by atoms with Gasteiger partial charge in [0.15, 0.2) is 5.65 Å². The van der Waals surface area contributed by atoms with Crippen LogP contribution in [0.15, 0.2) is 36.5 Å². The number of thiazole rings is 1. The van der Waals surface area contributed by atoms with Crippen LogP contribution in [-0.4, -0.2) is 65.1 Å². The molecule has 5 rings (SSSR count). The summed E-state index contributed by atoms with van der Waals surface area (Å²) < 4.78 is 12.9. The summed E-state index contributed by atoms with van der Waals surface area (Å²) in [4.78, 5) is 24.0. The molecule has 0 saturated carbocycles. The molecule has 8 nitrogen and oxygen atoms in total. The van der Waals surface area contributed by atoms with Gasteiger partial charge in [0.25, 0.3) is 5.19 Å². The van der Waals surface area contributed by atoms with Gasteiger partial charge in [-0.15, -0.1) is 0 Å². The lowest BCUT2D eigenvalue weighted by atomic mass is 10.0. The van der Waals surface area contributed by atoms with E-state index in [0.717, 1.165) is 30.1 Å². The summed E-state index contributed by atoms with van der Waals surface area (Å²) in [7, 11) is 0. The van der Waals surface area contributed by atoms with Crippen LogP contribution < -0.4 is 15.2 Å². The van der Waals surface area contributed by atoms with Crippen LogP contribution in [0.4, 0.5) is 4.79 Å². The summed E-state index contributed by atoms with van der Waals surface area (Å²) in [5.41, 5.74) is 7.25. The number of primary amides is 1. The van der Waals surface area contributed by atoms with E-state index in [1.807, 2.05) is 24.3 Å². The van der Waals surface area contributed by atoms with E-state index in [2.05, 4.69) is 20.9 Å². The SMILES string of the molecule is NC(=O)N1CCN(CC2COc3cc(Oc4nc5ncccc5s4)ccc32)CC1. The smallest absolute Gasteiger partial charge is 0.314 e. The number of nitrogens with zero attached hydrogens (tertiary/aromatic N) is 4. The number of nitrogens with two attached hydrogens (primary N) is 1. The predicted octanol–water partition coefficient (Wildman–Crippen LogP) is 2.66. The highest BCUT2D eigenvalue weighted by Crippen LogP contribution is 2.39. The zero-order valence-corrected chi connectivity index (χ0v) is 16.6. The normalized spacial score (nSPS) is 19.2. The van der Waals surface area contributed by atoms with Gasteiger partial charge in [0.1, 0.15) is 11.5 Å². The molecule has 3 aromatic rings. The summed E-state index contributed by atoms with van der Waals surface area (Å²) in [6.45, 7) is 4.59. The summed E-state index contributed by atoms with van der Waals surface area (Å²) in [6, 6.07) is 9.50. The molecule has 0 bridgehead atoms. The third-order valence-corrected chi connectivity index (χ3v) is 6.27. The van der Waals surface area contributed by atoms with Gasteiger partial charge in [0, 0.05) is 56.5 Å². The maximum Gasteiger partial charge on any atom is 0.314 e. The summed E-state index contributed by atoms with van der Waals surface area (Å²) in [5.74, 6) is 1.88. The molecule has 0 radical (unpaired) electrons. The van der Waals surface area contributed by atoms with Crippen molar-refractivity contribution in [1.29, 1.82) is 0 Å². The monoisotopic (exact) mass is 411 g/mol. The second kappa shape index (κ2) is 7.49. The third kappa shape index (κ3) is 3.70. The largest absolute Gasteiger partial charge is 0.492 e. The minimum atomic E-state index is -0.337. The third-order valence-electron chi connectivity index (χ3n) is 5.38. The molecule has 2 amide bonds. The van der Waals surface area contributed by atoms with E-state index < -0.39 is 0 Å². The Hall–Kier alpha value is -2.91. The molecule has 2 aliphatic rings. The Bertz CT molecular complexity index is 1010. The van der Waals surface area contributed by atoms with Crippen LogP contribution in [0.1, 0.15) is 11.5 Å². The van der Waals surface area contributed by atoms with Gasteiger partial charge in [-0.3, -0.25) is 4.90 Å². The van der Waals surface area contributed by atoms with Crippen LogP contribution in [0.5, 0.6) is 16.7 Å². The number of piperazine rings is 1. The molecule has 2 N–H and O–H groups in total. The van der Waals surface area contributed by atoms with Gasteiger partial charge in [-0.1, -0.05) is 17.4 Å². The summed E-state index contributed by atoms with van der Waals surface area (Å²) in [6.07, 6.45) is 1.73. The molecule has 1 aromatic carbocycles. The quantitative estimate of drug-likeness (QED) is 0.709. The number of pyridine rings is 1. The molecule has 1 atom stereocenters. The molecular weight excluding hydrogens is 390 g/mol. The second-order valence-corrected chi connectivity index (χ2v) is 8.23. The van der Waals surface area contributed by atoms with Crippen LogP contribution in [0.25, 0.3) is 10.3 Å². The molecule has 150 valence electrons. The first-order chi connectivity index (χ1) is 14.2. The van der Waals surface area contributed by atoms with E-state index >= 15 is 0 Å². The first-order valence-corrected chi connectivity index (χ1v) is 10.4. The van der Waals surface area contributed by atoms with Gasteiger partial charge < -0.3 is 20.1 Å². The van der Waals surface area contributed by atoms with Crippen LogP contribution >= 0.6 is 11.3 Å². The van der Waals surface area contributed by atoms with Gasteiger partial charge in [-0.25, -0.2) is 9.78 Å². The predicted molar refractivity (Wildman–Crippen MR) is 110 cm³/mol. The summed E-state index contributed by atoms with van der Waals surface area (Å²) >= 11 is 1.47. The average Bonchev–Trinajstić information content (AvgIpc) is 3.31. The molecule has 2 aliphatic heterocycles. The maximum atomic E-state index is 11.3. The molecule has 29 heavy (non-hydrogen) atoms. The lowest BCUT2D eigenvalue weighted by Gasteiger charge is -2.34. The lowest BCUT2D eigenvalue weighted by molar-refractivity contribution is 0.136. The minimum Gasteiger partial charge on any atom is -0.492 e. The van der Waals surface area contributed by atoms with Gasteiger partial charge in [0.05, 0.1) is 11.3 Å². The van der Waals surface area contributed by atoms with Crippen LogP contribution in [-0.2, 0) is 0 Å². The number of hydrogen-bond donors (Lipinski definition) is 1. The van der Waals surface area contributed by atoms with E-state index in [-0.39, 0.29) is 6.03 Å². The number of amides is 2. The first-order valence-electron chi connectivity index (χ1n) is 9.58. The number of carbonyl (C=O) groups excluding carboxylic acids is 1. The number of rotatable bonds is 4. The molecule has 4 heterocycles. The van der Waals surface area contributed by atoms with Crippen molar-refractivity contribution in [1.82, 2.24) is 19.8 Å². The van der Waals surface area contributed by atoms with Crippen molar-refractivity contribution in [2.24, 2.45) is 5.73 Å². The highest BCUT2D eigenvalue weighted by atomic mass is 32.1. The molecule has 2 aromatic heterocycles. The number of hydrogen-bond acceptors (Lipinski definition) is 7. The average molecular weight is 411 g/mol. The first kappa shape index (κ1) is 18.1. The topological polar surface area (TPSA) is 93.8 Å². The Morgan fingerprint density at radius 3 is 2.93 bits per heavy atom. The van der Waals surface area contributed by atoms with Crippen molar-refractivity contribution in [3.8, 4) is 16.7 Å². The van der Waals surface area contributed by atoms with E-state index in [4.69, 9.17) is 15.2 Å². The standard InChI is InChI=1S/C20H21N5O3S/c21-19(26)25-8-6-24(7-9-25)11-13-12-27-16-10-14(3-4-15(13)16)28-20-23-18-17(29-20)2-1-5-22-18/h1-5,10,13H,6-9,11-12H2,(H2,21,26). The van der Waals surface area contributed by atoms with Crippen LogP contribution in [0, 0.1) is 0 Å². The van der Waals surface area contributed by atoms with E-state index in [1.54, 1.807) is 11.1 Å². The Morgan fingerprint density at radius 1 is 1.28 bits per heavy atom. The molecular formula is C20H21N5O3S. The van der Waals surface area contributed by atoms with Crippen molar-refractivity contribution in [3.05, 3.63) is 42.1 Å². The zero-order valence-electron chi connectivity index (χ0n) is 15.8. The van der Waals surface area contributed by atoms with Crippen molar-refractivity contribution >= 4 is 27.7 Å². The zero-order chi connectivity index (χ0) is 19.8. The Balaban J connectivity index is 1.25. The number of benzene rings is 1. The second-order valence-electron chi connectivity index (χ2n) is 7.24. The van der Waals surface area contributed by atoms with Gasteiger partial charge >= 0.3 is 6.03 Å². The van der Waals surface area contributed by atoms with E-state index in [1.165, 1.54) is 16.9 Å². The fraction of sp³-hybridized carbons (Fsp3) is 0.350. The molecule has 1 fully saturated rings. The molecule has 1 unspecified atom stereocenters. The van der Waals surface area contributed by atoms with Gasteiger partial charge in [-0.2, -0.15) is 4.98 Å². The fourth-order valence-electron chi connectivity index (χ4n) is 3.83. The van der Waals surface area contributed by atoms with Crippen molar-refractivity contribution in [2.45, 2.75) is 5.92 Å². The number of fused-ring (bicyclic) bond motifs is 2. The summed E-state index contributed by atoms with van der Waals surface area (Å²) in [5, 5.41) is 0.570. The van der Waals surface area contributed by atoms with Crippen LogP contribution in [0.2, 0.25) is 0 Å². The number of aromatic nitrogens is 2. The fourth-order valence-corrected chi connectivity index (χ4v) is 4.62. The Labute approximate surface area is 171 Å². The maximum absolute atomic E-state index is 11.3. The molecule has 1 saturated heterocycles. The highest BCUT2D eigenvalue weighted by molar-refractivity contribution is 7.20. The van der Waals surface area contributed by atoms with Crippen molar-refractivity contribution in [2.75, 3.05) is 39.3 Å². The number of ether oxygens (including phenoxy) is 2. The molecule has 0 aliphatic carbocycles. The van der Waals surface area contributed by atoms with Crippen LogP contribution in [0.3, 0.4) is 0 Å². The highest BCUT2D eigenvalue weighted by Gasteiger charge is 2.28. The Morgan fingerprint density at radius 2 is 2.14 bits per heavy atom. The number of carbonyl (C=O) groups is 1. The van der Waals surface area contributed by atoms with Crippen molar-refractivity contribution < 1.29 is 14.3 Å². The van der Waals surface area contributed by atoms with Crippen molar-refractivity contribution in [3.63, 3.8) is 0 Å². The Kier molecular flexibility index (Phi) is 4.69. The lowest BCUT2D eigenvalue weighted by Crippen LogP contribution is -2.51. The number of urea groups is 1.